The van der Waals surface area contributed by atoms with Crippen LogP contribution in [-0.4, -0.2) is 33.3 Å². The van der Waals surface area contributed by atoms with Crippen molar-refractivity contribution in [1.82, 2.24) is 25.5 Å². The van der Waals surface area contributed by atoms with Gasteiger partial charge in [-0.05, 0) is 46.9 Å². The summed E-state index contributed by atoms with van der Waals surface area (Å²) >= 11 is 14.0. The minimum atomic E-state index is -1.10. The van der Waals surface area contributed by atoms with Crippen molar-refractivity contribution in [2.45, 2.75) is 16.6 Å². The molecule has 1 N–H and O–H groups in total. The predicted molar refractivity (Wildman–Crippen MR) is 90.2 cm³/mol. The van der Waals surface area contributed by atoms with Crippen molar-refractivity contribution in [3.05, 3.63) is 40.1 Å². The molecule has 0 saturated carbocycles. The van der Waals surface area contributed by atoms with E-state index < -0.39 is 15.7 Å². The quantitative estimate of drug-likeness (QED) is 0.565. The smallest absolute Gasteiger partial charge is 0.408 e. The topological polar surface area (TPSA) is 81.9 Å². The molecule has 0 fully saturated rings. The summed E-state index contributed by atoms with van der Waals surface area (Å²) in [7, 11) is 1.48. The largest absolute Gasteiger partial charge is 0.425 e. The summed E-state index contributed by atoms with van der Waals surface area (Å²) in [5.74, 6) is 0. The number of hydrogen-bond donors (Lipinski definition) is 1. The summed E-state index contributed by atoms with van der Waals surface area (Å²) in [5.41, 5.74) is 0.649. The highest BCUT2D eigenvalue weighted by Crippen LogP contribution is 2.44. The fourth-order valence-corrected chi connectivity index (χ4v) is 2.86. The van der Waals surface area contributed by atoms with E-state index >= 15 is 0 Å². The van der Waals surface area contributed by atoms with E-state index in [1.807, 2.05) is 22.6 Å². The van der Waals surface area contributed by atoms with Crippen LogP contribution in [0.4, 0.5) is 4.79 Å². The fourth-order valence-electron chi connectivity index (χ4n) is 1.78. The highest BCUT2D eigenvalue weighted by atomic mass is 127. The Bertz CT molecular complexity index is 670. The van der Waals surface area contributed by atoms with Gasteiger partial charge in [0.15, 0.2) is 6.33 Å². The van der Waals surface area contributed by atoms with Gasteiger partial charge in [-0.15, -0.1) is 10.2 Å². The number of alkyl carbamates (subject to hydrolysis) is 1. The van der Waals surface area contributed by atoms with Crippen molar-refractivity contribution in [3.8, 4) is 0 Å². The molecular formula is C12H12Cl2IN5O2. The molecule has 0 aliphatic rings. The maximum absolute atomic E-state index is 11.8. The summed E-state index contributed by atoms with van der Waals surface area (Å²) in [6.45, 7) is 1.81. The molecule has 1 amide bonds. The third kappa shape index (κ3) is 3.44. The Kier molecular flexibility index (Phi) is 5.45. The molecule has 1 aromatic carbocycles. The van der Waals surface area contributed by atoms with Crippen LogP contribution < -0.4 is 5.32 Å². The van der Waals surface area contributed by atoms with E-state index in [1.54, 1.807) is 25.1 Å². The molecule has 2 aromatic rings. The summed E-state index contributed by atoms with van der Waals surface area (Å²) in [6.07, 6.45) is 0.717. The van der Waals surface area contributed by atoms with Gasteiger partial charge < -0.3 is 10.1 Å². The van der Waals surface area contributed by atoms with Crippen LogP contribution in [0.1, 0.15) is 18.5 Å². The number of tetrazole rings is 1. The zero-order valence-corrected chi connectivity index (χ0v) is 15.3. The van der Waals surface area contributed by atoms with Crippen LogP contribution in [0.2, 0.25) is 10.0 Å². The van der Waals surface area contributed by atoms with Crippen molar-refractivity contribution in [2.75, 3.05) is 7.05 Å². The first-order valence-electron chi connectivity index (χ1n) is 6.16. The molecule has 1 aromatic heterocycles. The number of carbonyl (C=O) groups excluding carboxylic acids is 1. The Hall–Kier alpha value is -1.13. The minimum Gasteiger partial charge on any atom is -0.425 e. The van der Waals surface area contributed by atoms with Crippen LogP contribution in [0.3, 0.4) is 0 Å². The molecule has 2 rings (SSSR count). The van der Waals surface area contributed by atoms with E-state index in [-0.39, 0.29) is 0 Å². The average molecular weight is 456 g/mol. The standard InChI is InChI=1S/C12H12Cl2IN5O2/c1-7(20-18-6-17-19-20)12(15,22-11(21)16-2)8-3-4-9(13)10(14)5-8/h3-7H,1-2H3,(H,16,21). The minimum absolute atomic E-state index is 0.361. The molecule has 0 radical (unpaired) electrons. The van der Waals surface area contributed by atoms with Gasteiger partial charge in [0.25, 0.3) is 0 Å². The lowest BCUT2D eigenvalue weighted by Gasteiger charge is -2.32. The van der Waals surface area contributed by atoms with Crippen LogP contribution in [0.5, 0.6) is 0 Å². The van der Waals surface area contributed by atoms with Gasteiger partial charge in [0, 0.05) is 12.6 Å². The second kappa shape index (κ2) is 6.97. The van der Waals surface area contributed by atoms with Crippen molar-refractivity contribution in [2.24, 2.45) is 0 Å². The molecule has 1 heterocycles. The Morgan fingerprint density at radius 1 is 1.45 bits per heavy atom. The zero-order chi connectivity index (χ0) is 16.3. The zero-order valence-electron chi connectivity index (χ0n) is 11.6. The number of benzene rings is 1. The number of carbonyl (C=O) groups is 1. The van der Waals surface area contributed by atoms with Gasteiger partial charge in [0.05, 0.1) is 10.0 Å². The maximum Gasteiger partial charge on any atom is 0.408 e. The van der Waals surface area contributed by atoms with Crippen molar-refractivity contribution in [3.63, 3.8) is 0 Å². The first kappa shape index (κ1) is 17.2. The molecule has 2 atom stereocenters. The van der Waals surface area contributed by atoms with Gasteiger partial charge in [-0.2, -0.15) is 4.80 Å². The van der Waals surface area contributed by atoms with E-state index in [4.69, 9.17) is 27.9 Å². The third-order valence-corrected chi connectivity index (χ3v) is 5.49. The monoisotopic (exact) mass is 455 g/mol. The van der Waals surface area contributed by atoms with Crippen molar-refractivity contribution < 1.29 is 9.53 Å². The number of rotatable bonds is 4. The van der Waals surface area contributed by atoms with Crippen LogP contribution in [0, 0.1) is 0 Å². The van der Waals surface area contributed by atoms with Crippen LogP contribution in [0.25, 0.3) is 0 Å². The molecule has 10 heteroatoms. The molecule has 22 heavy (non-hydrogen) atoms. The highest BCUT2D eigenvalue weighted by Gasteiger charge is 2.42. The number of amides is 1. The second-order valence-corrected chi connectivity index (χ2v) is 6.76. The van der Waals surface area contributed by atoms with Gasteiger partial charge in [-0.1, -0.05) is 29.3 Å². The van der Waals surface area contributed by atoms with Crippen molar-refractivity contribution >= 4 is 51.9 Å². The van der Waals surface area contributed by atoms with Gasteiger partial charge in [0.1, 0.15) is 6.04 Å². The molecule has 0 spiro atoms. The Morgan fingerprint density at radius 3 is 2.73 bits per heavy atom. The van der Waals surface area contributed by atoms with Gasteiger partial charge >= 0.3 is 6.09 Å². The molecular weight excluding hydrogens is 444 g/mol. The molecule has 0 aliphatic carbocycles. The fraction of sp³-hybridized carbons (Fsp3) is 0.333. The average Bonchev–Trinajstić information content (AvgIpc) is 3.03. The second-order valence-electron chi connectivity index (χ2n) is 4.35. The van der Waals surface area contributed by atoms with E-state index in [9.17, 15) is 4.79 Å². The van der Waals surface area contributed by atoms with E-state index in [2.05, 4.69) is 20.7 Å². The molecule has 0 aliphatic heterocycles. The van der Waals surface area contributed by atoms with Gasteiger partial charge in [0.2, 0.25) is 3.61 Å². The first-order chi connectivity index (χ1) is 10.4. The first-order valence-corrected chi connectivity index (χ1v) is 7.99. The lowest BCUT2D eigenvalue weighted by Crippen LogP contribution is -2.38. The Labute approximate surface area is 150 Å². The van der Waals surface area contributed by atoms with Gasteiger partial charge in [-0.25, -0.2) is 4.79 Å². The summed E-state index contributed by atoms with van der Waals surface area (Å²) in [6, 6.07) is 4.58. The lowest BCUT2D eigenvalue weighted by atomic mass is 10.0. The number of halogens is 3. The molecule has 2 unspecified atom stereocenters. The van der Waals surface area contributed by atoms with Crippen LogP contribution in [-0.2, 0) is 8.34 Å². The lowest BCUT2D eigenvalue weighted by molar-refractivity contribution is 0.0485. The van der Waals surface area contributed by atoms with Crippen LogP contribution in [0.15, 0.2) is 24.5 Å². The predicted octanol–water partition coefficient (Wildman–Crippen LogP) is 3.18. The number of alkyl halides is 1. The van der Waals surface area contributed by atoms with E-state index in [0.717, 1.165) is 0 Å². The SMILES string of the molecule is CNC(=O)OC(I)(c1ccc(Cl)c(Cl)c1)C(C)n1ncnn1. The summed E-state index contributed by atoms with van der Waals surface area (Å²) in [5, 5.41) is 14.7. The van der Waals surface area contributed by atoms with Crippen LogP contribution >= 0.6 is 45.8 Å². The van der Waals surface area contributed by atoms with E-state index in [0.29, 0.717) is 15.6 Å². The Morgan fingerprint density at radius 2 is 2.18 bits per heavy atom. The number of aromatic nitrogens is 4. The highest BCUT2D eigenvalue weighted by molar-refractivity contribution is 14.1. The summed E-state index contributed by atoms with van der Waals surface area (Å²) < 4.78 is 4.46. The third-order valence-electron chi connectivity index (χ3n) is 3.01. The molecule has 0 saturated heterocycles. The number of nitrogens with zero attached hydrogens (tertiary/aromatic N) is 4. The summed E-state index contributed by atoms with van der Waals surface area (Å²) in [4.78, 5) is 13.1. The molecule has 118 valence electrons. The number of nitrogens with one attached hydrogen (secondary N) is 1. The van der Waals surface area contributed by atoms with Gasteiger partial charge in [-0.3, -0.25) is 0 Å². The molecule has 0 bridgehead atoms. The number of ether oxygens (including phenoxy) is 1. The van der Waals surface area contributed by atoms with E-state index in [1.165, 1.54) is 18.2 Å². The Balaban J connectivity index is 2.49. The number of hydrogen-bond acceptors (Lipinski definition) is 5. The normalized spacial score (nSPS) is 15.0. The maximum atomic E-state index is 11.8. The molecule has 7 nitrogen and oxygen atoms in total. The van der Waals surface area contributed by atoms with Crippen molar-refractivity contribution in [1.29, 1.82) is 0 Å².